The molecule has 3 rings (SSSR count). The van der Waals surface area contributed by atoms with Crippen LogP contribution in [-0.4, -0.2) is 51.4 Å². The van der Waals surface area contributed by atoms with Crippen LogP contribution in [0, 0.1) is 0 Å². The van der Waals surface area contributed by atoms with E-state index in [4.69, 9.17) is 4.74 Å². The van der Waals surface area contributed by atoms with Gasteiger partial charge in [0.05, 0.1) is 17.7 Å². The Labute approximate surface area is 238 Å². The minimum Gasteiger partial charge on any atom is -0.497 e. The molecule has 40 heavy (non-hydrogen) atoms. The fraction of sp³-hybridized carbons (Fsp3) is 0.355. The van der Waals surface area contributed by atoms with E-state index >= 15 is 0 Å². The Balaban J connectivity index is 2.07. The second-order valence-corrected chi connectivity index (χ2v) is 11.3. The minimum atomic E-state index is -4.10. The summed E-state index contributed by atoms with van der Waals surface area (Å²) in [5, 5.41) is 2.90. The molecule has 1 N–H and O–H groups in total. The lowest BCUT2D eigenvalue weighted by molar-refractivity contribution is -0.140. The lowest BCUT2D eigenvalue weighted by Gasteiger charge is -2.33. The van der Waals surface area contributed by atoms with Gasteiger partial charge in [0.15, 0.2) is 0 Å². The highest BCUT2D eigenvalue weighted by Gasteiger charge is 2.34. The summed E-state index contributed by atoms with van der Waals surface area (Å²) in [7, 11) is -2.52. The summed E-state index contributed by atoms with van der Waals surface area (Å²) < 4.78 is 34.4. The fourth-order valence-electron chi connectivity index (χ4n) is 4.50. The molecule has 3 aromatic rings. The average Bonchev–Trinajstić information content (AvgIpc) is 2.99. The van der Waals surface area contributed by atoms with E-state index in [-0.39, 0.29) is 17.3 Å². The summed E-state index contributed by atoms with van der Waals surface area (Å²) in [6.45, 7) is 5.90. The van der Waals surface area contributed by atoms with Crippen LogP contribution in [0.1, 0.15) is 44.7 Å². The maximum atomic E-state index is 14.1. The predicted molar refractivity (Wildman–Crippen MR) is 158 cm³/mol. The van der Waals surface area contributed by atoms with E-state index in [1.54, 1.807) is 49.6 Å². The van der Waals surface area contributed by atoms with E-state index in [0.717, 1.165) is 17.5 Å². The third-order valence-electron chi connectivity index (χ3n) is 6.70. The summed E-state index contributed by atoms with van der Waals surface area (Å²) in [4.78, 5) is 28.9. The lowest BCUT2D eigenvalue weighted by Crippen LogP contribution is -2.52. The number of carbonyl (C=O) groups is 2. The first kappa shape index (κ1) is 30.7. The van der Waals surface area contributed by atoms with Gasteiger partial charge in [0.2, 0.25) is 11.8 Å². The van der Waals surface area contributed by atoms with Crippen molar-refractivity contribution in [2.45, 2.75) is 57.5 Å². The van der Waals surface area contributed by atoms with Gasteiger partial charge in [-0.25, -0.2) is 8.42 Å². The van der Waals surface area contributed by atoms with Crippen LogP contribution in [0.25, 0.3) is 0 Å². The number of hydrogen-bond acceptors (Lipinski definition) is 5. The van der Waals surface area contributed by atoms with Crippen molar-refractivity contribution in [2.75, 3.05) is 24.5 Å². The van der Waals surface area contributed by atoms with E-state index in [1.807, 2.05) is 45.0 Å². The Morgan fingerprint density at radius 2 is 1.55 bits per heavy atom. The van der Waals surface area contributed by atoms with Crippen molar-refractivity contribution < 1.29 is 22.7 Å². The highest BCUT2D eigenvalue weighted by atomic mass is 32.2. The molecule has 0 bridgehead atoms. The summed E-state index contributed by atoms with van der Waals surface area (Å²) in [5.74, 6) is -0.0666. The molecule has 0 aliphatic heterocycles. The highest BCUT2D eigenvalue weighted by Crippen LogP contribution is 2.28. The number of amides is 2. The number of rotatable bonds is 14. The Kier molecular flexibility index (Phi) is 11.1. The standard InChI is InChI=1S/C31H39N3O5S/c1-5-21-32-31(36)28(7-3)33(22-24-17-19-26(39-4)20-18-24)30(35)23-34(29-16-12-11-13-25(29)6-2)40(37,38)27-14-9-8-10-15-27/h8-20,28H,5-7,21-23H2,1-4H3,(H,32,36). The number of para-hydroxylation sites is 1. The molecule has 214 valence electrons. The molecule has 0 aromatic heterocycles. The molecule has 0 aliphatic carbocycles. The van der Waals surface area contributed by atoms with Gasteiger partial charge >= 0.3 is 0 Å². The van der Waals surface area contributed by atoms with Crippen molar-refractivity contribution in [2.24, 2.45) is 0 Å². The first-order chi connectivity index (χ1) is 19.3. The van der Waals surface area contributed by atoms with Crippen molar-refractivity contribution in [1.82, 2.24) is 10.2 Å². The average molecular weight is 566 g/mol. The smallest absolute Gasteiger partial charge is 0.264 e. The molecule has 0 saturated carbocycles. The summed E-state index contributed by atoms with van der Waals surface area (Å²) >= 11 is 0. The van der Waals surface area contributed by atoms with E-state index in [9.17, 15) is 18.0 Å². The number of sulfonamides is 1. The van der Waals surface area contributed by atoms with Gasteiger partial charge in [-0.05, 0) is 60.7 Å². The predicted octanol–water partition coefficient (Wildman–Crippen LogP) is 4.79. The van der Waals surface area contributed by atoms with Gasteiger partial charge < -0.3 is 15.0 Å². The third-order valence-corrected chi connectivity index (χ3v) is 8.47. The van der Waals surface area contributed by atoms with Crippen LogP contribution < -0.4 is 14.4 Å². The maximum absolute atomic E-state index is 14.1. The van der Waals surface area contributed by atoms with Crippen LogP contribution in [-0.2, 0) is 32.6 Å². The van der Waals surface area contributed by atoms with E-state index in [0.29, 0.717) is 30.8 Å². The molecule has 0 radical (unpaired) electrons. The molecule has 0 fully saturated rings. The van der Waals surface area contributed by atoms with Crippen molar-refractivity contribution in [1.29, 1.82) is 0 Å². The Bertz CT molecular complexity index is 1360. The molecule has 0 heterocycles. The van der Waals surface area contributed by atoms with Gasteiger partial charge in [-0.2, -0.15) is 0 Å². The minimum absolute atomic E-state index is 0.0862. The van der Waals surface area contributed by atoms with Crippen LogP contribution in [0.3, 0.4) is 0 Å². The molecule has 1 atom stereocenters. The van der Waals surface area contributed by atoms with Crippen LogP contribution >= 0.6 is 0 Å². The number of nitrogens with zero attached hydrogens (tertiary/aromatic N) is 2. The molecular formula is C31H39N3O5S. The number of nitrogens with one attached hydrogen (secondary N) is 1. The van der Waals surface area contributed by atoms with Crippen molar-refractivity contribution in [3.05, 3.63) is 90.0 Å². The first-order valence-corrected chi connectivity index (χ1v) is 15.1. The van der Waals surface area contributed by atoms with Crippen LogP contribution in [0.15, 0.2) is 83.8 Å². The van der Waals surface area contributed by atoms with Crippen LogP contribution in [0.2, 0.25) is 0 Å². The molecule has 1 unspecified atom stereocenters. The number of hydrogen-bond donors (Lipinski definition) is 1. The van der Waals surface area contributed by atoms with E-state index < -0.39 is 28.5 Å². The second-order valence-electron chi connectivity index (χ2n) is 9.39. The van der Waals surface area contributed by atoms with E-state index in [2.05, 4.69) is 5.32 Å². The number of benzene rings is 3. The van der Waals surface area contributed by atoms with Crippen molar-refractivity contribution in [3.8, 4) is 5.75 Å². The van der Waals surface area contributed by atoms with Gasteiger partial charge in [0.25, 0.3) is 10.0 Å². The number of methoxy groups -OCH3 is 1. The molecule has 2 amide bonds. The second kappa shape index (κ2) is 14.5. The molecule has 3 aromatic carbocycles. The van der Waals surface area contributed by atoms with Gasteiger partial charge in [-0.15, -0.1) is 0 Å². The monoisotopic (exact) mass is 565 g/mol. The fourth-order valence-corrected chi connectivity index (χ4v) is 5.97. The molecule has 0 spiro atoms. The Morgan fingerprint density at radius 1 is 0.900 bits per heavy atom. The number of carbonyl (C=O) groups excluding carboxylic acids is 2. The molecule has 0 aliphatic rings. The molecular weight excluding hydrogens is 526 g/mol. The molecule has 0 saturated heterocycles. The summed E-state index contributed by atoms with van der Waals surface area (Å²) in [6.07, 6.45) is 1.71. The zero-order valence-electron chi connectivity index (χ0n) is 23.7. The van der Waals surface area contributed by atoms with Crippen molar-refractivity contribution in [3.63, 3.8) is 0 Å². The van der Waals surface area contributed by atoms with Crippen LogP contribution in [0.4, 0.5) is 5.69 Å². The van der Waals surface area contributed by atoms with Gasteiger partial charge in [0, 0.05) is 13.1 Å². The number of aryl methyl sites for hydroxylation is 1. The largest absolute Gasteiger partial charge is 0.497 e. The Hall–Kier alpha value is -3.85. The third kappa shape index (κ3) is 7.41. The van der Waals surface area contributed by atoms with E-state index in [1.165, 1.54) is 21.3 Å². The summed E-state index contributed by atoms with van der Waals surface area (Å²) in [5.41, 5.74) is 2.03. The van der Waals surface area contributed by atoms with Gasteiger partial charge in [-0.1, -0.05) is 69.3 Å². The topological polar surface area (TPSA) is 96.0 Å². The SMILES string of the molecule is CCCNC(=O)C(CC)N(Cc1ccc(OC)cc1)C(=O)CN(c1ccccc1CC)S(=O)(=O)c1ccccc1. The quantitative estimate of drug-likeness (QED) is 0.303. The molecule has 9 heteroatoms. The first-order valence-electron chi connectivity index (χ1n) is 13.6. The van der Waals surface area contributed by atoms with Crippen LogP contribution in [0.5, 0.6) is 5.75 Å². The van der Waals surface area contributed by atoms with Gasteiger partial charge in [-0.3, -0.25) is 13.9 Å². The molecule has 8 nitrogen and oxygen atoms in total. The zero-order valence-corrected chi connectivity index (χ0v) is 24.5. The highest BCUT2D eigenvalue weighted by molar-refractivity contribution is 7.92. The normalized spacial score (nSPS) is 11.9. The number of anilines is 1. The summed E-state index contributed by atoms with van der Waals surface area (Å²) in [6, 6.07) is 21.7. The maximum Gasteiger partial charge on any atom is 0.264 e. The zero-order chi connectivity index (χ0) is 29.1. The van der Waals surface area contributed by atoms with Gasteiger partial charge in [0.1, 0.15) is 18.3 Å². The Morgan fingerprint density at radius 3 is 2.15 bits per heavy atom. The van der Waals surface area contributed by atoms with Crippen molar-refractivity contribution >= 4 is 27.5 Å². The number of ether oxygens (including phenoxy) is 1. The lowest BCUT2D eigenvalue weighted by atomic mass is 10.1.